The van der Waals surface area contributed by atoms with E-state index in [-0.39, 0.29) is 41.5 Å². The predicted molar refractivity (Wildman–Crippen MR) is 146 cm³/mol. The van der Waals surface area contributed by atoms with Crippen LogP contribution in [0.1, 0.15) is 25.2 Å². The van der Waals surface area contributed by atoms with Crippen LogP contribution in [0.3, 0.4) is 0 Å². The molecule has 3 aromatic heterocycles. The van der Waals surface area contributed by atoms with Crippen molar-refractivity contribution in [2.75, 3.05) is 35.2 Å². The van der Waals surface area contributed by atoms with Crippen LogP contribution in [-0.4, -0.2) is 55.2 Å². The van der Waals surface area contributed by atoms with E-state index < -0.39 is 24.9 Å². The van der Waals surface area contributed by atoms with Crippen LogP contribution >= 0.6 is 11.6 Å². The molecule has 39 heavy (non-hydrogen) atoms. The highest BCUT2D eigenvalue weighted by Crippen LogP contribution is 2.36. The Morgan fingerprint density at radius 3 is 2.72 bits per heavy atom. The van der Waals surface area contributed by atoms with Gasteiger partial charge in [0, 0.05) is 56.1 Å². The maximum absolute atomic E-state index is 14.1. The smallest absolute Gasteiger partial charge is 0.256 e. The summed E-state index contributed by atoms with van der Waals surface area (Å²) < 4.78 is 29.7. The lowest BCUT2D eigenvalue weighted by Gasteiger charge is -2.37. The summed E-state index contributed by atoms with van der Waals surface area (Å²) in [5, 5.41) is 17.0. The number of aliphatic hydroxyl groups is 1. The van der Waals surface area contributed by atoms with E-state index in [2.05, 4.69) is 30.6 Å². The van der Waals surface area contributed by atoms with Crippen LogP contribution in [0.15, 0.2) is 53.7 Å². The van der Waals surface area contributed by atoms with Crippen LogP contribution in [0.25, 0.3) is 10.9 Å². The number of aromatic nitrogens is 5. The third-order valence-electron chi connectivity index (χ3n) is 6.85. The minimum Gasteiger partial charge on any atom is -0.396 e. The fraction of sp³-hybridized carbons (Fsp3) is 0.346. The zero-order valence-corrected chi connectivity index (χ0v) is 22.0. The number of aryl methyl sites for hydroxylation is 1. The number of fused-ring (bicyclic) bond motifs is 1. The summed E-state index contributed by atoms with van der Waals surface area (Å²) in [5.41, 5.74) is 1.53. The largest absolute Gasteiger partial charge is 0.396 e. The molecule has 1 fully saturated rings. The minimum absolute atomic E-state index is 0.0334. The molecule has 1 aromatic carbocycles. The van der Waals surface area contributed by atoms with E-state index in [1.165, 1.54) is 16.8 Å². The highest BCUT2D eigenvalue weighted by atomic mass is 35.5. The molecule has 13 heteroatoms. The molecule has 4 heterocycles. The molecule has 1 saturated heterocycles. The lowest BCUT2D eigenvalue weighted by Crippen LogP contribution is -2.49. The van der Waals surface area contributed by atoms with Crippen molar-refractivity contribution in [1.82, 2.24) is 24.5 Å². The molecule has 2 atom stereocenters. The first-order valence-electron chi connectivity index (χ1n) is 12.4. The first-order valence-corrected chi connectivity index (χ1v) is 12.7. The highest BCUT2D eigenvalue weighted by molar-refractivity contribution is 6.33. The fourth-order valence-corrected chi connectivity index (χ4v) is 4.80. The number of alkyl halides is 2. The Kier molecular flexibility index (Phi) is 7.32. The van der Waals surface area contributed by atoms with Gasteiger partial charge < -0.3 is 25.2 Å². The summed E-state index contributed by atoms with van der Waals surface area (Å²) in [6.07, 6.45) is 4.29. The van der Waals surface area contributed by atoms with E-state index in [0.29, 0.717) is 22.7 Å². The number of nitrogens with zero attached hydrogens (tertiary/aromatic N) is 6. The number of nitrogens with one attached hydrogen (secondary N) is 2. The number of para-hydroxylation sites is 1. The molecule has 0 bridgehead atoms. The first kappa shape index (κ1) is 26.7. The van der Waals surface area contributed by atoms with E-state index in [9.17, 15) is 18.7 Å². The maximum atomic E-state index is 14.1. The van der Waals surface area contributed by atoms with Crippen LogP contribution in [0.4, 0.5) is 31.9 Å². The number of pyridine rings is 1. The van der Waals surface area contributed by atoms with Gasteiger partial charge in [0.25, 0.3) is 11.5 Å². The molecule has 4 aromatic rings. The van der Waals surface area contributed by atoms with Gasteiger partial charge >= 0.3 is 0 Å². The molecule has 204 valence electrons. The Labute approximate surface area is 227 Å². The summed E-state index contributed by atoms with van der Waals surface area (Å²) in [6.45, 7) is 1.20. The molecule has 5 rings (SSSR count). The van der Waals surface area contributed by atoms with Crippen LogP contribution in [0, 0.1) is 5.92 Å². The van der Waals surface area contributed by atoms with E-state index in [0.717, 1.165) is 5.39 Å². The summed E-state index contributed by atoms with van der Waals surface area (Å²) in [5.74, 6) is -3.13. The van der Waals surface area contributed by atoms with Gasteiger partial charge in [0.05, 0.1) is 36.0 Å². The number of hydrogen-bond donors (Lipinski definition) is 3. The van der Waals surface area contributed by atoms with Gasteiger partial charge in [-0.2, -0.15) is 4.98 Å². The summed E-state index contributed by atoms with van der Waals surface area (Å²) >= 11 is 6.42. The summed E-state index contributed by atoms with van der Waals surface area (Å²) in [6, 6.07) is 8.49. The molecule has 2 unspecified atom stereocenters. The lowest BCUT2D eigenvalue weighted by atomic mass is 9.94. The SMILES string of the molecule is CC(Nc1cc(=O)n(C)c2c(Nc3nc(N4CCC(F)(F)C(CO)C4)ncc3Cl)cccc12)c1ncccn1. The van der Waals surface area contributed by atoms with Crippen molar-refractivity contribution in [3.8, 4) is 0 Å². The van der Waals surface area contributed by atoms with E-state index in [1.54, 1.807) is 36.5 Å². The van der Waals surface area contributed by atoms with Gasteiger partial charge in [-0.1, -0.05) is 23.7 Å². The molecule has 1 aliphatic heterocycles. The molecular formula is C26H27ClF2N8O2. The number of halogens is 3. The predicted octanol–water partition coefficient (Wildman–Crippen LogP) is 4.14. The first-order chi connectivity index (χ1) is 18.7. The number of piperidine rings is 1. The third-order valence-corrected chi connectivity index (χ3v) is 7.12. The summed E-state index contributed by atoms with van der Waals surface area (Å²) in [4.78, 5) is 31.8. The molecular weight excluding hydrogens is 530 g/mol. The lowest BCUT2D eigenvalue weighted by molar-refractivity contribution is -0.0881. The normalized spacial score (nSPS) is 17.7. The third kappa shape index (κ3) is 5.34. The summed E-state index contributed by atoms with van der Waals surface area (Å²) in [7, 11) is 1.67. The van der Waals surface area contributed by atoms with Crippen molar-refractivity contribution in [3.63, 3.8) is 0 Å². The zero-order chi connectivity index (χ0) is 27.7. The van der Waals surface area contributed by atoms with Crippen molar-refractivity contribution in [3.05, 3.63) is 70.1 Å². The van der Waals surface area contributed by atoms with Crippen LogP contribution < -0.4 is 21.1 Å². The average molecular weight is 557 g/mol. The van der Waals surface area contributed by atoms with Gasteiger partial charge in [-0.15, -0.1) is 0 Å². The second kappa shape index (κ2) is 10.7. The van der Waals surface area contributed by atoms with E-state index >= 15 is 0 Å². The zero-order valence-electron chi connectivity index (χ0n) is 21.3. The quantitative estimate of drug-likeness (QED) is 0.308. The van der Waals surface area contributed by atoms with Gasteiger partial charge in [0.1, 0.15) is 10.8 Å². The van der Waals surface area contributed by atoms with Crippen molar-refractivity contribution in [2.24, 2.45) is 13.0 Å². The monoisotopic (exact) mass is 556 g/mol. The molecule has 3 N–H and O–H groups in total. The van der Waals surface area contributed by atoms with Crippen LogP contribution in [0.2, 0.25) is 5.02 Å². The van der Waals surface area contributed by atoms with Gasteiger partial charge in [0.2, 0.25) is 5.95 Å². The number of anilines is 4. The van der Waals surface area contributed by atoms with Crippen molar-refractivity contribution < 1.29 is 13.9 Å². The number of aliphatic hydroxyl groups excluding tert-OH is 1. The van der Waals surface area contributed by atoms with Gasteiger partial charge in [-0.3, -0.25) is 4.79 Å². The van der Waals surface area contributed by atoms with Gasteiger partial charge in [-0.05, 0) is 19.1 Å². The Morgan fingerprint density at radius 1 is 1.21 bits per heavy atom. The maximum Gasteiger partial charge on any atom is 0.256 e. The molecule has 0 radical (unpaired) electrons. The second-order valence-corrected chi connectivity index (χ2v) is 9.87. The molecule has 10 nitrogen and oxygen atoms in total. The number of hydrogen-bond acceptors (Lipinski definition) is 9. The fourth-order valence-electron chi connectivity index (χ4n) is 4.66. The Bertz CT molecular complexity index is 1550. The Morgan fingerprint density at radius 2 is 1.97 bits per heavy atom. The van der Waals surface area contributed by atoms with E-state index in [4.69, 9.17) is 11.6 Å². The second-order valence-electron chi connectivity index (χ2n) is 9.46. The van der Waals surface area contributed by atoms with Gasteiger partial charge in [-0.25, -0.2) is 23.7 Å². The standard InChI is InChI=1S/C26H27ClF2N8O2/c1-15(23-30-8-4-9-31-23)33-20-11-21(39)36(2)22-17(20)5-3-6-19(22)34-24-18(27)12-32-25(35-24)37-10-7-26(28,29)16(13-37)14-38/h3-6,8-9,11-12,15-16,33,38H,7,10,13-14H2,1-2H3,(H,32,34,35). The Balaban J connectivity index is 1.49. The average Bonchev–Trinajstić information content (AvgIpc) is 2.93. The van der Waals surface area contributed by atoms with Crippen molar-refractivity contribution in [2.45, 2.75) is 25.3 Å². The molecule has 0 saturated carbocycles. The minimum atomic E-state index is -2.96. The molecule has 0 amide bonds. The van der Waals surface area contributed by atoms with Crippen LogP contribution in [-0.2, 0) is 7.05 Å². The highest BCUT2D eigenvalue weighted by Gasteiger charge is 2.44. The molecule has 0 aliphatic carbocycles. The van der Waals surface area contributed by atoms with Crippen molar-refractivity contribution in [1.29, 1.82) is 0 Å². The van der Waals surface area contributed by atoms with Crippen molar-refractivity contribution >= 4 is 45.6 Å². The van der Waals surface area contributed by atoms with Crippen LogP contribution in [0.5, 0.6) is 0 Å². The molecule has 0 spiro atoms. The van der Waals surface area contributed by atoms with E-state index in [1.807, 2.05) is 19.1 Å². The van der Waals surface area contributed by atoms with Gasteiger partial charge in [0.15, 0.2) is 5.82 Å². The Hall–Kier alpha value is -3.90. The molecule has 1 aliphatic rings. The topological polar surface area (TPSA) is 121 Å². The number of rotatable bonds is 7. The number of benzene rings is 1.